The third kappa shape index (κ3) is 1.78. The number of amides is 1. The summed E-state index contributed by atoms with van der Waals surface area (Å²) < 4.78 is 11.3. The largest absolute Gasteiger partial charge is 0.493 e. The average Bonchev–Trinajstić information content (AvgIpc) is 2.66. The lowest BCUT2D eigenvalue weighted by Gasteiger charge is -2.12. The zero-order valence-corrected chi connectivity index (χ0v) is 11.6. The highest BCUT2D eigenvalue weighted by Gasteiger charge is 2.31. The Morgan fingerprint density at radius 3 is 2.65 bits per heavy atom. The molecule has 0 bridgehead atoms. The Morgan fingerprint density at radius 2 is 2.12 bits per heavy atom. The first-order valence-corrected chi connectivity index (χ1v) is 6.15. The van der Waals surface area contributed by atoms with Gasteiger partial charge < -0.3 is 14.4 Å². The molecule has 1 aromatic rings. The molecular formula is C12H14BrNO3. The number of halogens is 1. The van der Waals surface area contributed by atoms with E-state index < -0.39 is 0 Å². The lowest BCUT2D eigenvalue weighted by Crippen LogP contribution is -2.22. The molecule has 92 valence electrons. The van der Waals surface area contributed by atoms with Crippen molar-refractivity contribution < 1.29 is 14.3 Å². The molecule has 4 nitrogen and oxygen atoms in total. The van der Waals surface area contributed by atoms with E-state index in [1.165, 1.54) is 0 Å². The lowest BCUT2D eigenvalue weighted by atomic mass is 10.1. The van der Waals surface area contributed by atoms with E-state index in [4.69, 9.17) is 9.47 Å². The summed E-state index contributed by atoms with van der Waals surface area (Å²) in [6.45, 7) is 3.28. The van der Waals surface area contributed by atoms with Crippen LogP contribution < -0.4 is 9.47 Å². The summed E-state index contributed by atoms with van der Waals surface area (Å²) in [6, 6.07) is 1.75. The standard InChI is InChI=1S/C12H14BrNO3/c1-4-14-6-8-7(12(14)15)5-9(16-2)11(17-3)10(8)13/h5H,4,6H2,1-3H3. The van der Waals surface area contributed by atoms with Gasteiger partial charge >= 0.3 is 0 Å². The number of benzene rings is 1. The Labute approximate surface area is 109 Å². The predicted octanol–water partition coefficient (Wildman–Crippen LogP) is 2.44. The number of methoxy groups -OCH3 is 2. The van der Waals surface area contributed by atoms with Crippen LogP contribution in [0.3, 0.4) is 0 Å². The van der Waals surface area contributed by atoms with Gasteiger partial charge in [0.05, 0.1) is 18.7 Å². The minimum atomic E-state index is 0.0455. The normalized spacial score (nSPS) is 13.9. The molecule has 1 aliphatic rings. The maximum Gasteiger partial charge on any atom is 0.254 e. The molecule has 0 N–H and O–H groups in total. The van der Waals surface area contributed by atoms with Gasteiger partial charge in [-0.2, -0.15) is 0 Å². The van der Waals surface area contributed by atoms with Crippen LogP contribution in [0.25, 0.3) is 0 Å². The van der Waals surface area contributed by atoms with Gasteiger partial charge in [-0.05, 0) is 28.9 Å². The van der Waals surface area contributed by atoms with Crippen molar-refractivity contribution in [2.45, 2.75) is 13.5 Å². The molecule has 0 spiro atoms. The van der Waals surface area contributed by atoms with Crippen molar-refractivity contribution in [3.63, 3.8) is 0 Å². The fourth-order valence-corrected chi connectivity index (χ4v) is 2.72. The second-order valence-corrected chi connectivity index (χ2v) is 4.56. The van der Waals surface area contributed by atoms with Gasteiger partial charge in [0.15, 0.2) is 11.5 Å². The number of hydrogen-bond donors (Lipinski definition) is 0. The van der Waals surface area contributed by atoms with Crippen LogP contribution in [0, 0.1) is 0 Å². The van der Waals surface area contributed by atoms with Crippen molar-refractivity contribution >= 4 is 21.8 Å². The molecule has 1 amide bonds. The average molecular weight is 300 g/mol. The van der Waals surface area contributed by atoms with Crippen LogP contribution >= 0.6 is 15.9 Å². The summed E-state index contributed by atoms with van der Waals surface area (Å²) in [4.78, 5) is 13.8. The van der Waals surface area contributed by atoms with E-state index in [-0.39, 0.29) is 5.91 Å². The monoisotopic (exact) mass is 299 g/mol. The zero-order valence-electron chi connectivity index (χ0n) is 10.0. The van der Waals surface area contributed by atoms with Crippen molar-refractivity contribution in [2.24, 2.45) is 0 Å². The van der Waals surface area contributed by atoms with Crippen LogP contribution in [0.5, 0.6) is 11.5 Å². The van der Waals surface area contributed by atoms with E-state index in [1.807, 2.05) is 6.92 Å². The number of fused-ring (bicyclic) bond motifs is 1. The molecule has 17 heavy (non-hydrogen) atoms. The quantitative estimate of drug-likeness (QED) is 0.860. The molecule has 0 aromatic heterocycles. The molecule has 0 unspecified atom stereocenters. The summed E-state index contributed by atoms with van der Waals surface area (Å²) >= 11 is 3.48. The molecule has 0 saturated carbocycles. The first-order chi connectivity index (χ1) is 8.13. The Bertz CT molecular complexity index is 473. The maximum absolute atomic E-state index is 12.1. The molecule has 0 aliphatic carbocycles. The molecular weight excluding hydrogens is 286 g/mol. The number of nitrogens with zero attached hydrogens (tertiary/aromatic N) is 1. The number of rotatable bonds is 3. The summed E-state index contributed by atoms with van der Waals surface area (Å²) in [5.74, 6) is 1.26. The number of hydrogen-bond acceptors (Lipinski definition) is 3. The van der Waals surface area contributed by atoms with Gasteiger partial charge in [-0.15, -0.1) is 0 Å². The number of carbonyl (C=O) groups excluding carboxylic acids is 1. The zero-order chi connectivity index (χ0) is 12.6. The minimum absolute atomic E-state index is 0.0455. The number of carbonyl (C=O) groups is 1. The maximum atomic E-state index is 12.1. The Hall–Kier alpha value is -1.23. The van der Waals surface area contributed by atoms with E-state index in [1.54, 1.807) is 25.2 Å². The van der Waals surface area contributed by atoms with Crippen LogP contribution in [0.1, 0.15) is 22.8 Å². The van der Waals surface area contributed by atoms with Gasteiger partial charge in [-0.25, -0.2) is 0 Å². The minimum Gasteiger partial charge on any atom is -0.493 e. The Morgan fingerprint density at radius 1 is 1.41 bits per heavy atom. The fourth-order valence-electron chi connectivity index (χ4n) is 2.02. The molecule has 5 heteroatoms. The van der Waals surface area contributed by atoms with Crippen molar-refractivity contribution in [3.8, 4) is 11.5 Å². The summed E-state index contributed by atoms with van der Waals surface area (Å²) in [5, 5.41) is 0. The Kier molecular flexibility index (Phi) is 3.28. The lowest BCUT2D eigenvalue weighted by molar-refractivity contribution is 0.0787. The van der Waals surface area contributed by atoms with Gasteiger partial charge in [0.2, 0.25) is 0 Å². The first kappa shape index (κ1) is 12.2. The van der Waals surface area contributed by atoms with Gasteiger partial charge in [0.1, 0.15) is 0 Å². The van der Waals surface area contributed by atoms with E-state index in [0.29, 0.717) is 30.2 Å². The topological polar surface area (TPSA) is 38.8 Å². The van der Waals surface area contributed by atoms with Crippen LogP contribution in [0.2, 0.25) is 0 Å². The molecule has 0 fully saturated rings. The molecule has 0 saturated heterocycles. The van der Waals surface area contributed by atoms with Crippen LogP contribution in [-0.2, 0) is 6.54 Å². The van der Waals surface area contributed by atoms with Crippen molar-refractivity contribution in [1.82, 2.24) is 4.90 Å². The molecule has 1 heterocycles. The summed E-state index contributed by atoms with van der Waals surface area (Å²) in [7, 11) is 3.15. The third-order valence-corrected chi connectivity index (χ3v) is 3.80. The summed E-state index contributed by atoms with van der Waals surface area (Å²) in [5.41, 5.74) is 1.66. The van der Waals surface area contributed by atoms with E-state index >= 15 is 0 Å². The third-order valence-electron chi connectivity index (χ3n) is 2.96. The van der Waals surface area contributed by atoms with Gasteiger partial charge in [-0.3, -0.25) is 4.79 Å². The van der Waals surface area contributed by atoms with Gasteiger partial charge in [0.25, 0.3) is 5.91 Å². The van der Waals surface area contributed by atoms with Crippen LogP contribution in [0.15, 0.2) is 10.5 Å². The molecule has 1 aliphatic heterocycles. The number of ether oxygens (including phenoxy) is 2. The van der Waals surface area contributed by atoms with Gasteiger partial charge in [-0.1, -0.05) is 0 Å². The highest BCUT2D eigenvalue weighted by molar-refractivity contribution is 9.10. The van der Waals surface area contributed by atoms with Crippen molar-refractivity contribution in [2.75, 3.05) is 20.8 Å². The highest BCUT2D eigenvalue weighted by atomic mass is 79.9. The van der Waals surface area contributed by atoms with Crippen molar-refractivity contribution in [3.05, 3.63) is 21.7 Å². The Balaban J connectivity index is 2.59. The summed E-state index contributed by atoms with van der Waals surface area (Å²) in [6.07, 6.45) is 0. The van der Waals surface area contributed by atoms with Crippen LogP contribution in [0.4, 0.5) is 0 Å². The molecule has 2 rings (SSSR count). The second kappa shape index (κ2) is 4.56. The van der Waals surface area contributed by atoms with E-state index in [0.717, 1.165) is 10.0 Å². The second-order valence-electron chi connectivity index (χ2n) is 3.77. The highest BCUT2D eigenvalue weighted by Crippen LogP contribution is 2.42. The predicted molar refractivity (Wildman–Crippen MR) is 67.7 cm³/mol. The molecule has 0 atom stereocenters. The molecule has 1 aromatic carbocycles. The smallest absolute Gasteiger partial charge is 0.254 e. The van der Waals surface area contributed by atoms with Crippen LogP contribution in [-0.4, -0.2) is 31.6 Å². The van der Waals surface area contributed by atoms with E-state index in [9.17, 15) is 4.79 Å². The SMILES string of the molecule is CCN1Cc2c(cc(OC)c(OC)c2Br)C1=O. The van der Waals surface area contributed by atoms with Crippen molar-refractivity contribution in [1.29, 1.82) is 0 Å². The van der Waals surface area contributed by atoms with E-state index in [2.05, 4.69) is 15.9 Å². The van der Waals surface area contributed by atoms with Gasteiger partial charge in [0, 0.05) is 24.2 Å². The fraction of sp³-hybridized carbons (Fsp3) is 0.417. The molecule has 0 radical (unpaired) electrons. The first-order valence-electron chi connectivity index (χ1n) is 5.36.